The van der Waals surface area contributed by atoms with Crippen molar-refractivity contribution in [3.8, 4) is 17.2 Å². The second-order valence-corrected chi connectivity index (χ2v) is 7.79. The van der Waals surface area contributed by atoms with Crippen LogP contribution in [0.5, 0.6) is 17.2 Å². The highest BCUT2D eigenvalue weighted by Crippen LogP contribution is 2.40. The van der Waals surface area contributed by atoms with Gasteiger partial charge in [0, 0.05) is 12.6 Å². The number of aliphatic carboxylic acids is 2. The number of rotatable bonds is 12. The quantitative estimate of drug-likeness (QED) is 0.279. The highest BCUT2D eigenvalue weighted by Gasteiger charge is 2.57. The summed E-state index contributed by atoms with van der Waals surface area (Å²) in [4.78, 5) is 22.7. The number of aliphatic hydroxyl groups is 1. The molecule has 1 aliphatic heterocycles. The first kappa shape index (κ1) is 24.1. The van der Waals surface area contributed by atoms with E-state index < -0.39 is 23.8 Å². The zero-order valence-corrected chi connectivity index (χ0v) is 18.2. The number of carbonyl (C=O) groups is 2. The van der Waals surface area contributed by atoms with E-state index in [-0.39, 0.29) is 24.1 Å². The highest BCUT2D eigenvalue weighted by molar-refractivity contribution is 6.01. The minimum absolute atomic E-state index is 0.0446. The Bertz CT molecular complexity index is 1010. The van der Waals surface area contributed by atoms with Gasteiger partial charge in [0.1, 0.15) is 18.5 Å². The first-order valence-corrected chi connectivity index (χ1v) is 10.5. The maximum atomic E-state index is 11.4. The Balaban J connectivity index is 1.50. The first-order valence-electron chi connectivity index (χ1n) is 10.5. The summed E-state index contributed by atoms with van der Waals surface area (Å²) in [6, 6.07) is 12.3. The summed E-state index contributed by atoms with van der Waals surface area (Å²) in [7, 11) is 0. The predicted octanol–water partition coefficient (Wildman–Crippen LogP) is 2.01. The Labute approximate surface area is 191 Å². The summed E-state index contributed by atoms with van der Waals surface area (Å²) in [5.41, 5.74) is 1.78. The van der Waals surface area contributed by atoms with Crippen molar-refractivity contribution in [3.63, 3.8) is 0 Å². The molecule has 9 nitrogen and oxygen atoms in total. The van der Waals surface area contributed by atoms with Crippen LogP contribution in [-0.2, 0) is 22.4 Å². The van der Waals surface area contributed by atoms with Gasteiger partial charge in [-0.15, -0.1) is 6.58 Å². The van der Waals surface area contributed by atoms with Gasteiger partial charge in [0.25, 0.3) is 0 Å². The van der Waals surface area contributed by atoms with E-state index in [1.54, 1.807) is 18.2 Å². The molecule has 9 heteroatoms. The van der Waals surface area contributed by atoms with E-state index in [4.69, 9.17) is 14.2 Å². The molecule has 4 N–H and O–H groups in total. The number of ether oxygens (including phenoxy) is 3. The molecule has 0 aliphatic carbocycles. The molecule has 2 aromatic rings. The molecule has 1 aliphatic rings. The van der Waals surface area contributed by atoms with E-state index in [0.29, 0.717) is 25.1 Å². The van der Waals surface area contributed by atoms with E-state index in [2.05, 4.69) is 11.9 Å². The largest absolute Gasteiger partial charge is 0.491 e. The number of nitrogens with one attached hydrogen (secondary N) is 1. The fourth-order valence-electron chi connectivity index (χ4n) is 3.42. The van der Waals surface area contributed by atoms with Crippen LogP contribution in [0.4, 0.5) is 0 Å². The van der Waals surface area contributed by atoms with Crippen molar-refractivity contribution in [1.82, 2.24) is 5.32 Å². The molecule has 33 heavy (non-hydrogen) atoms. The van der Waals surface area contributed by atoms with E-state index in [1.807, 2.05) is 31.2 Å². The lowest BCUT2D eigenvalue weighted by Crippen LogP contribution is -2.54. The third kappa shape index (κ3) is 5.63. The molecule has 0 radical (unpaired) electrons. The smallest absolute Gasteiger partial charge is 0.453 e. The predicted molar refractivity (Wildman–Crippen MR) is 119 cm³/mol. The Hall–Kier alpha value is -3.56. The number of hydrogen-bond acceptors (Lipinski definition) is 7. The molecular weight excluding hydrogens is 430 g/mol. The molecule has 0 saturated carbocycles. The van der Waals surface area contributed by atoms with E-state index >= 15 is 0 Å². The molecule has 0 aromatic heterocycles. The fourth-order valence-corrected chi connectivity index (χ4v) is 3.42. The minimum atomic E-state index is -2.78. The van der Waals surface area contributed by atoms with E-state index in [0.717, 1.165) is 11.1 Å². The maximum absolute atomic E-state index is 11.4. The normalized spacial score (nSPS) is 15.5. The SMILES string of the molecule is C=CCc1ccccc1OC[C@@H](O)CN[C@H](C)Cc1ccc2c(c1)OC(C(=O)O)(C(=O)O)O2. The Morgan fingerprint density at radius 2 is 1.85 bits per heavy atom. The lowest BCUT2D eigenvalue weighted by atomic mass is 10.1. The molecule has 2 aromatic carbocycles. The highest BCUT2D eigenvalue weighted by atomic mass is 16.8. The summed E-state index contributed by atoms with van der Waals surface area (Å²) in [6.07, 6.45) is 2.27. The standard InChI is InChI=1S/C24H27NO8/c1-3-6-17-7-4-5-8-19(17)31-14-18(26)13-25-15(2)11-16-9-10-20-21(12-16)33-24(32-20,22(27)28)23(29)30/h3-5,7-10,12,15,18,25-26H,1,6,11,13-14H2,2H3,(H,27,28)(H,29,30)/t15-,18+/m1/s1. The van der Waals surface area contributed by atoms with Crippen LogP contribution in [0.15, 0.2) is 55.1 Å². The number of para-hydroxylation sites is 1. The van der Waals surface area contributed by atoms with Crippen molar-refractivity contribution in [2.24, 2.45) is 0 Å². The van der Waals surface area contributed by atoms with Gasteiger partial charge in [-0.05, 0) is 49.1 Å². The van der Waals surface area contributed by atoms with Crippen LogP contribution in [0.25, 0.3) is 0 Å². The number of carboxylic acid groups (broad SMARTS) is 2. The van der Waals surface area contributed by atoms with Crippen LogP contribution in [0.3, 0.4) is 0 Å². The van der Waals surface area contributed by atoms with Crippen molar-refractivity contribution in [3.05, 3.63) is 66.2 Å². The average Bonchev–Trinajstić information content (AvgIpc) is 3.18. The number of allylic oxidation sites excluding steroid dienone is 1. The molecular formula is C24H27NO8. The van der Waals surface area contributed by atoms with E-state index in [9.17, 15) is 24.9 Å². The van der Waals surface area contributed by atoms with Crippen LogP contribution in [0.1, 0.15) is 18.1 Å². The van der Waals surface area contributed by atoms with Crippen LogP contribution in [0, 0.1) is 0 Å². The molecule has 0 spiro atoms. The summed E-state index contributed by atoms with van der Waals surface area (Å²) in [6.45, 7) is 6.09. The maximum Gasteiger partial charge on any atom is 0.453 e. The number of hydrogen-bond donors (Lipinski definition) is 4. The molecule has 0 amide bonds. The van der Waals surface area contributed by atoms with Crippen LogP contribution in [-0.4, -0.2) is 58.3 Å². The van der Waals surface area contributed by atoms with Crippen molar-refractivity contribution < 1.29 is 39.1 Å². The molecule has 176 valence electrons. The number of benzene rings is 2. The second kappa shape index (κ2) is 10.4. The fraction of sp³-hybridized carbons (Fsp3) is 0.333. The first-order chi connectivity index (χ1) is 15.7. The lowest BCUT2D eigenvalue weighted by Gasteiger charge is -2.18. The average molecular weight is 457 g/mol. The van der Waals surface area contributed by atoms with Crippen molar-refractivity contribution in [2.45, 2.75) is 37.7 Å². The van der Waals surface area contributed by atoms with Gasteiger partial charge in [-0.3, -0.25) is 0 Å². The number of fused-ring (bicyclic) bond motifs is 1. The van der Waals surface area contributed by atoms with Gasteiger partial charge >= 0.3 is 17.7 Å². The summed E-state index contributed by atoms with van der Waals surface area (Å²) in [5, 5.41) is 31.9. The molecule has 2 atom stereocenters. The van der Waals surface area contributed by atoms with Crippen LogP contribution >= 0.6 is 0 Å². The summed E-state index contributed by atoms with van der Waals surface area (Å²) >= 11 is 0. The van der Waals surface area contributed by atoms with Crippen molar-refractivity contribution in [2.75, 3.05) is 13.2 Å². The monoisotopic (exact) mass is 457 g/mol. The molecule has 0 bridgehead atoms. The molecule has 3 rings (SSSR count). The zero-order chi connectivity index (χ0) is 24.0. The zero-order valence-electron chi connectivity index (χ0n) is 18.2. The summed E-state index contributed by atoms with van der Waals surface area (Å²) < 4.78 is 15.9. The number of carboxylic acids is 2. The van der Waals surface area contributed by atoms with Crippen molar-refractivity contribution in [1.29, 1.82) is 0 Å². The molecule has 1 heterocycles. The topological polar surface area (TPSA) is 135 Å². The molecule has 0 fully saturated rings. The Morgan fingerprint density at radius 3 is 2.55 bits per heavy atom. The van der Waals surface area contributed by atoms with Gasteiger partial charge in [0.2, 0.25) is 0 Å². The number of aliphatic hydroxyl groups excluding tert-OH is 1. The third-order valence-electron chi connectivity index (χ3n) is 5.09. The van der Waals surface area contributed by atoms with Crippen LogP contribution in [0.2, 0.25) is 0 Å². The van der Waals surface area contributed by atoms with Crippen LogP contribution < -0.4 is 19.5 Å². The van der Waals surface area contributed by atoms with Crippen molar-refractivity contribution >= 4 is 11.9 Å². The molecule has 0 saturated heterocycles. The third-order valence-corrected chi connectivity index (χ3v) is 5.09. The van der Waals surface area contributed by atoms with Gasteiger partial charge in [0.05, 0.1) is 0 Å². The summed E-state index contributed by atoms with van der Waals surface area (Å²) in [5.74, 6) is -5.45. The van der Waals surface area contributed by atoms with E-state index in [1.165, 1.54) is 6.07 Å². The lowest BCUT2D eigenvalue weighted by molar-refractivity contribution is -0.194. The minimum Gasteiger partial charge on any atom is -0.491 e. The Morgan fingerprint density at radius 1 is 1.15 bits per heavy atom. The van der Waals surface area contributed by atoms with Gasteiger partial charge in [0.15, 0.2) is 11.5 Å². The van der Waals surface area contributed by atoms with Gasteiger partial charge in [-0.25, -0.2) is 9.59 Å². The van der Waals surface area contributed by atoms with Gasteiger partial charge < -0.3 is 34.8 Å². The van der Waals surface area contributed by atoms with Gasteiger partial charge in [-0.1, -0.05) is 30.3 Å². The second-order valence-electron chi connectivity index (χ2n) is 7.79. The molecule has 0 unspecified atom stereocenters. The Kier molecular flexibility index (Phi) is 7.57. The van der Waals surface area contributed by atoms with Gasteiger partial charge in [-0.2, -0.15) is 0 Å².